The van der Waals surface area contributed by atoms with Crippen LogP contribution >= 0.6 is 11.8 Å². The Kier molecular flexibility index (Phi) is 5.51. The first kappa shape index (κ1) is 15.7. The van der Waals surface area contributed by atoms with Gasteiger partial charge in [-0.25, -0.2) is 4.68 Å². The van der Waals surface area contributed by atoms with Crippen molar-refractivity contribution in [3.8, 4) is 0 Å². The molecular formula is C13H18N4O3S. The van der Waals surface area contributed by atoms with E-state index in [1.165, 1.54) is 23.6 Å². The molecule has 0 aliphatic carbocycles. The van der Waals surface area contributed by atoms with Gasteiger partial charge in [0, 0.05) is 18.7 Å². The van der Waals surface area contributed by atoms with Crippen molar-refractivity contribution in [3.63, 3.8) is 0 Å². The van der Waals surface area contributed by atoms with E-state index in [0.29, 0.717) is 6.54 Å². The second-order valence-electron chi connectivity index (χ2n) is 4.68. The van der Waals surface area contributed by atoms with Crippen LogP contribution in [0.25, 0.3) is 6.08 Å². The van der Waals surface area contributed by atoms with Gasteiger partial charge in [0.05, 0.1) is 19.0 Å². The number of hydrogen-bond donors (Lipinski definition) is 1. The number of thioether (sulfide) groups is 1. The van der Waals surface area contributed by atoms with E-state index in [2.05, 4.69) is 20.4 Å². The topological polar surface area (TPSA) is 86.1 Å². The second kappa shape index (κ2) is 7.37. The van der Waals surface area contributed by atoms with Crippen LogP contribution in [-0.2, 0) is 20.9 Å². The Morgan fingerprint density at radius 1 is 1.62 bits per heavy atom. The van der Waals surface area contributed by atoms with Gasteiger partial charge in [-0.15, -0.1) is 5.10 Å². The number of hydrogen-bond acceptors (Lipinski definition) is 7. The second-order valence-corrected chi connectivity index (χ2v) is 6.06. The number of nitrogens with one attached hydrogen (secondary N) is 1. The molecule has 7 nitrogen and oxygen atoms in total. The third-order valence-corrected chi connectivity index (χ3v) is 4.28. The number of aromatic nitrogens is 3. The molecule has 114 valence electrons. The summed E-state index contributed by atoms with van der Waals surface area (Å²) in [4.78, 5) is 22.7. The van der Waals surface area contributed by atoms with Gasteiger partial charge in [-0.1, -0.05) is 17.0 Å². The zero-order valence-electron chi connectivity index (χ0n) is 12.0. The third-order valence-electron chi connectivity index (χ3n) is 3.12. The van der Waals surface area contributed by atoms with E-state index in [1.807, 2.05) is 6.08 Å². The van der Waals surface area contributed by atoms with E-state index in [-0.39, 0.29) is 22.9 Å². The standard InChI is InChI=1S/C13H18N4O3S/c1-9(18)21-12-3-4-14-6-10(12)5-11-7-15-16-17(11)8-13(19)20-2/h5,7,12,14H,3-4,6,8H2,1-2H3. The van der Waals surface area contributed by atoms with Gasteiger partial charge < -0.3 is 10.1 Å². The highest BCUT2D eigenvalue weighted by Crippen LogP contribution is 2.26. The number of carbonyl (C=O) groups is 2. The summed E-state index contributed by atoms with van der Waals surface area (Å²) in [5.41, 5.74) is 1.84. The molecule has 1 aliphatic rings. The highest BCUT2D eigenvalue weighted by molar-refractivity contribution is 8.14. The van der Waals surface area contributed by atoms with Gasteiger partial charge in [-0.3, -0.25) is 9.59 Å². The largest absolute Gasteiger partial charge is 0.468 e. The number of esters is 1. The maximum Gasteiger partial charge on any atom is 0.327 e. The molecule has 1 atom stereocenters. The average Bonchev–Trinajstić information content (AvgIpc) is 2.87. The van der Waals surface area contributed by atoms with Crippen LogP contribution in [0, 0.1) is 0 Å². The number of rotatable bonds is 4. The van der Waals surface area contributed by atoms with Crippen molar-refractivity contribution in [3.05, 3.63) is 17.5 Å². The summed E-state index contributed by atoms with van der Waals surface area (Å²) >= 11 is 1.34. The Bertz CT molecular complexity index is 555. The lowest BCUT2D eigenvalue weighted by Gasteiger charge is -2.24. The molecular weight excluding hydrogens is 292 g/mol. The van der Waals surface area contributed by atoms with Gasteiger partial charge >= 0.3 is 5.97 Å². The average molecular weight is 310 g/mol. The van der Waals surface area contributed by atoms with Gasteiger partial charge in [0.1, 0.15) is 6.54 Å². The van der Waals surface area contributed by atoms with Gasteiger partial charge in [0.2, 0.25) is 0 Å². The highest BCUT2D eigenvalue weighted by atomic mass is 32.2. The molecule has 0 amide bonds. The van der Waals surface area contributed by atoms with Crippen LogP contribution in [0.1, 0.15) is 19.0 Å². The van der Waals surface area contributed by atoms with Crippen LogP contribution in [0.5, 0.6) is 0 Å². The number of piperidine rings is 1. The third kappa shape index (κ3) is 4.40. The maximum atomic E-state index is 11.3. The monoisotopic (exact) mass is 310 g/mol. The molecule has 1 aromatic heterocycles. The summed E-state index contributed by atoms with van der Waals surface area (Å²) in [6, 6.07) is 0. The van der Waals surface area contributed by atoms with Crippen LogP contribution in [0.3, 0.4) is 0 Å². The minimum Gasteiger partial charge on any atom is -0.468 e. The molecule has 1 N–H and O–H groups in total. The molecule has 0 spiro atoms. The molecule has 1 unspecified atom stereocenters. The summed E-state index contributed by atoms with van der Waals surface area (Å²) < 4.78 is 6.12. The molecule has 0 radical (unpaired) electrons. The first-order chi connectivity index (χ1) is 10.1. The molecule has 21 heavy (non-hydrogen) atoms. The SMILES string of the molecule is COC(=O)Cn1nncc1C=C1CNCCC1SC(C)=O. The lowest BCUT2D eigenvalue weighted by atomic mass is 10.0. The smallest absolute Gasteiger partial charge is 0.327 e. The Balaban J connectivity index is 2.18. The minimum atomic E-state index is -0.378. The number of carbonyl (C=O) groups excluding carboxylic acids is 2. The molecule has 1 aromatic rings. The Hall–Kier alpha value is -1.67. The molecule has 1 aliphatic heterocycles. The van der Waals surface area contributed by atoms with Crippen molar-refractivity contribution in [2.75, 3.05) is 20.2 Å². The summed E-state index contributed by atoms with van der Waals surface area (Å²) in [6.07, 6.45) is 4.43. The Morgan fingerprint density at radius 2 is 2.43 bits per heavy atom. The zero-order chi connectivity index (χ0) is 15.2. The minimum absolute atomic E-state index is 0.0214. The molecule has 0 bridgehead atoms. The van der Waals surface area contributed by atoms with Crippen LogP contribution in [0.2, 0.25) is 0 Å². The first-order valence-corrected chi connectivity index (χ1v) is 7.52. The summed E-state index contributed by atoms with van der Waals surface area (Å²) in [6.45, 7) is 3.21. The Labute approximate surface area is 127 Å². The van der Waals surface area contributed by atoms with E-state index in [0.717, 1.165) is 24.2 Å². The number of ether oxygens (including phenoxy) is 1. The first-order valence-electron chi connectivity index (χ1n) is 6.64. The predicted molar refractivity (Wildman–Crippen MR) is 79.6 cm³/mol. The molecule has 1 fully saturated rings. The van der Waals surface area contributed by atoms with Crippen LogP contribution < -0.4 is 5.32 Å². The molecule has 8 heteroatoms. The van der Waals surface area contributed by atoms with Gasteiger partial charge in [-0.2, -0.15) is 0 Å². The van der Waals surface area contributed by atoms with Crippen LogP contribution in [0.4, 0.5) is 0 Å². The van der Waals surface area contributed by atoms with E-state index >= 15 is 0 Å². The lowest BCUT2D eigenvalue weighted by Crippen LogP contribution is -2.32. The Morgan fingerprint density at radius 3 is 3.14 bits per heavy atom. The summed E-state index contributed by atoms with van der Waals surface area (Å²) in [5, 5.41) is 11.3. The predicted octanol–water partition coefficient (Wildman–Crippen LogP) is 0.476. The van der Waals surface area contributed by atoms with Crippen molar-refractivity contribution in [1.29, 1.82) is 0 Å². The van der Waals surface area contributed by atoms with Gasteiger partial charge in [-0.05, 0) is 24.6 Å². The van der Waals surface area contributed by atoms with Crippen molar-refractivity contribution in [2.45, 2.75) is 25.1 Å². The number of methoxy groups -OCH3 is 1. The van der Waals surface area contributed by atoms with E-state index in [1.54, 1.807) is 13.1 Å². The fourth-order valence-electron chi connectivity index (χ4n) is 2.12. The normalized spacial score (nSPS) is 20.5. The molecule has 0 saturated carbocycles. The van der Waals surface area contributed by atoms with Crippen LogP contribution in [0.15, 0.2) is 11.8 Å². The van der Waals surface area contributed by atoms with Crippen molar-refractivity contribution < 1.29 is 14.3 Å². The summed E-state index contributed by atoms with van der Waals surface area (Å²) in [5.74, 6) is -0.378. The van der Waals surface area contributed by atoms with E-state index in [9.17, 15) is 9.59 Å². The van der Waals surface area contributed by atoms with Crippen molar-refractivity contribution in [2.24, 2.45) is 0 Å². The molecule has 1 saturated heterocycles. The maximum absolute atomic E-state index is 11.3. The van der Waals surface area contributed by atoms with Gasteiger partial charge in [0.15, 0.2) is 5.12 Å². The fourth-order valence-corrected chi connectivity index (χ4v) is 3.06. The summed E-state index contributed by atoms with van der Waals surface area (Å²) in [7, 11) is 1.34. The molecule has 2 rings (SSSR count). The van der Waals surface area contributed by atoms with E-state index < -0.39 is 0 Å². The van der Waals surface area contributed by atoms with Crippen molar-refractivity contribution >= 4 is 28.9 Å². The number of nitrogens with zero attached hydrogens (tertiary/aromatic N) is 3. The van der Waals surface area contributed by atoms with Crippen molar-refractivity contribution in [1.82, 2.24) is 20.3 Å². The zero-order valence-corrected chi connectivity index (χ0v) is 12.9. The fraction of sp³-hybridized carbons (Fsp3) is 0.538. The quantitative estimate of drug-likeness (QED) is 0.809. The lowest BCUT2D eigenvalue weighted by molar-refractivity contribution is -0.141. The van der Waals surface area contributed by atoms with Gasteiger partial charge in [0.25, 0.3) is 0 Å². The highest BCUT2D eigenvalue weighted by Gasteiger charge is 2.21. The molecule has 2 heterocycles. The molecule has 0 aromatic carbocycles. The van der Waals surface area contributed by atoms with E-state index in [4.69, 9.17) is 0 Å². The van der Waals surface area contributed by atoms with Crippen LogP contribution in [-0.4, -0.2) is 51.5 Å².